The summed E-state index contributed by atoms with van der Waals surface area (Å²) >= 11 is 0. The number of nitrogens with zero attached hydrogens (tertiary/aromatic N) is 1. The Bertz CT molecular complexity index is 658. The fourth-order valence-electron chi connectivity index (χ4n) is 2.61. The van der Waals surface area contributed by atoms with Gasteiger partial charge in [-0.3, -0.25) is 9.69 Å². The summed E-state index contributed by atoms with van der Waals surface area (Å²) in [7, 11) is 0. The van der Waals surface area contributed by atoms with E-state index in [-0.39, 0.29) is 12.6 Å². The second-order valence-corrected chi connectivity index (χ2v) is 5.68. The normalized spacial score (nSPS) is 10.4. The molecule has 0 N–H and O–H groups in total. The van der Waals surface area contributed by atoms with Crippen LogP contribution in [-0.4, -0.2) is 37.1 Å². The molecule has 3 heteroatoms. The fourth-order valence-corrected chi connectivity index (χ4v) is 2.61. The maximum Gasteiger partial charge on any atom is 0.318 e. The molecule has 0 aliphatic carbocycles. The van der Waals surface area contributed by atoms with Gasteiger partial charge >= 0.3 is 5.97 Å². The third-order valence-electron chi connectivity index (χ3n) is 4.11. The molecule has 0 unspecified atom stereocenters. The van der Waals surface area contributed by atoms with Gasteiger partial charge in [0.1, 0.15) is 5.92 Å². The number of ether oxygens (including phenoxy) is 1. The van der Waals surface area contributed by atoms with Crippen LogP contribution in [0.5, 0.6) is 0 Å². The first kappa shape index (κ1) is 18.8. The second-order valence-electron chi connectivity index (χ2n) is 5.68. The first-order valence-corrected chi connectivity index (χ1v) is 8.70. The van der Waals surface area contributed by atoms with E-state index < -0.39 is 5.92 Å². The SMILES string of the molecule is CCN(CC)CC#CCOC(=O)C(c1ccccc1)c1ccccc1. The predicted molar refractivity (Wildman–Crippen MR) is 101 cm³/mol. The largest absolute Gasteiger partial charge is 0.452 e. The number of carbonyl (C=O) groups is 1. The summed E-state index contributed by atoms with van der Waals surface area (Å²) in [6.07, 6.45) is 0. The van der Waals surface area contributed by atoms with E-state index in [0.29, 0.717) is 6.54 Å². The van der Waals surface area contributed by atoms with Gasteiger partial charge in [-0.15, -0.1) is 0 Å². The fraction of sp³-hybridized carbons (Fsp3) is 0.318. The van der Waals surface area contributed by atoms with Crippen molar-refractivity contribution in [3.05, 3.63) is 71.8 Å². The molecule has 130 valence electrons. The Hall–Kier alpha value is -2.57. The van der Waals surface area contributed by atoms with Crippen LogP contribution in [-0.2, 0) is 9.53 Å². The minimum Gasteiger partial charge on any atom is -0.452 e. The lowest BCUT2D eigenvalue weighted by Crippen LogP contribution is -2.23. The molecule has 0 aliphatic rings. The van der Waals surface area contributed by atoms with Crippen LogP contribution < -0.4 is 0 Å². The summed E-state index contributed by atoms with van der Waals surface area (Å²) in [5.74, 6) is 5.31. The van der Waals surface area contributed by atoms with Gasteiger partial charge in [-0.1, -0.05) is 86.4 Å². The maximum absolute atomic E-state index is 12.7. The van der Waals surface area contributed by atoms with Crippen LogP contribution in [0.3, 0.4) is 0 Å². The van der Waals surface area contributed by atoms with Gasteiger partial charge in [-0.05, 0) is 24.2 Å². The van der Waals surface area contributed by atoms with E-state index in [9.17, 15) is 4.79 Å². The van der Waals surface area contributed by atoms with Crippen molar-refractivity contribution in [3.63, 3.8) is 0 Å². The van der Waals surface area contributed by atoms with Crippen LogP contribution in [0, 0.1) is 11.8 Å². The van der Waals surface area contributed by atoms with Crippen molar-refractivity contribution in [1.82, 2.24) is 4.90 Å². The molecule has 0 aromatic heterocycles. The molecule has 0 spiro atoms. The predicted octanol–water partition coefficient (Wildman–Crippen LogP) is 3.71. The van der Waals surface area contributed by atoms with Gasteiger partial charge in [0.2, 0.25) is 0 Å². The molecule has 2 aromatic carbocycles. The Morgan fingerprint density at radius 3 is 1.92 bits per heavy atom. The van der Waals surface area contributed by atoms with E-state index in [1.54, 1.807) is 0 Å². The minimum atomic E-state index is -0.424. The van der Waals surface area contributed by atoms with Crippen molar-refractivity contribution in [2.24, 2.45) is 0 Å². The Morgan fingerprint density at radius 1 is 0.920 bits per heavy atom. The molecule has 0 aliphatic heterocycles. The highest BCUT2D eigenvalue weighted by Gasteiger charge is 2.23. The van der Waals surface area contributed by atoms with Crippen LogP contribution >= 0.6 is 0 Å². The average molecular weight is 335 g/mol. The van der Waals surface area contributed by atoms with Crippen molar-refractivity contribution in [2.45, 2.75) is 19.8 Å². The van der Waals surface area contributed by atoms with Crippen LogP contribution in [0.2, 0.25) is 0 Å². The number of esters is 1. The molecule has 3 nitrogen and oxygen atoms in total. The average Bonchev–Trinajstić information content (AvgIpc) is 2.66. The van der Waals surface area contributed by atoms with E-state index in [2.05, 4.69) is 30.6 Å². The van der Waals surface area contributed by atoms with E-state index in [1.165, 1.54) is 0 Å². The Morgan fingerprint density at radius 2 is 1.44 bits per heavy atom. The molecule has 0 amide bonds. The van der Waals surface area contributed by atoms with Crippen molar-refractivity contribution < 1.29 is 9.53 Å². The van der Waals surface area contributed by atoms with Gasteiger partial charge in [0.25, 0.3) is 0 Å². The van der Waals surface area contributed by atoms with E-state index in [0.717, 1.165) is 24.2 Å². The highest BCUT2D eigenvalue weighted by molar-refractivity contribution is 5.82. The zero-order valence-electron chi connectivity index (χ0n) is 14.9. The topological polar surface area (TPSA) is 29.5 Å². The van der Waals surface area contributed by atoms with Gasteiger partial charge in [0.15, 0.2) is 6.61 Å². The molecule has 2 aromatic rings. The number of rotatable bonds is 7. The number of benzene rings is 2. The Balaban J connectivity index is 2.04. The third-order valence-corrected chi connectivity index (χ3v) is 4.11. The smallest absolute Gasteiger partial charge is 0.318 e. The van der Waals surface area contributed by atoms with Crippen LogP contribution in [0.1, 0.15) is 30.9 Å². The van der Waals surface area contributed by atoms with Gasteiger partial charge in [-0.2, -0.15) is 0 Å². The molecule has 0 fully saturated rings. The summed E-state index contributed by atoms with van der Waals surface area (Å²) in [5, 5.41) is 0. The maximum atomic E-state index is 12.7. The van der Waals surface area contributed by atoms with E-state index in [1.807, 2.05) is 60.7 Å². The molecule has 0 heterocycles. The lowest BCUT2D eigenvalue weighted by atomic mass is 9.91. The molecule has 2 rings (SSSR count). The molecule has 0 atom stereocenters. The molecule has 0 bridgehead atoms. The van der Waals surface area contributed by atoms with Gasteiger partial charge in [0, 0.05) is 0 Å². The zero-order chi connectivity index (χ0) is 17.9. The van der Waals surface area contributed by atoms with Gasteiger partial charge < -0.3 is 4.74 Å². The number of carbonyl (C=O) groups excluding carboxylic acids is 1. The molecule has 0 saturated carbocycles. The molecular formula is C22H25NO2. The summed E-state index contributed by atoms with van der Waals surface area (Å²) in [6, 6.07) is 19.4. The highest BCUT2D eigenvalue weighted by Crippen LogP contribution is 2.25. The zero-order valence-corrected chi connectivity index (χ0v) is 14.9. The number of hydrogen-bond acceptors (Lipinski definition) is 3. The van der Waals surface area contributed by atoms with Crippen molar-refractivity contribution in [2.75, 3.05) is 26.2 Å². The van der Waals surface area contributed by atoms with Crippen molar-refractivity contribution in [3.8, 4) is 11.8 Å². The summed E-state index contributed by atoms with van der Waals surface area (Å²) in [5.41, 5.74) is 1.85. The van der Waals surface area contributed by atoms with Crippen LogP contribution in [0.4, 0.5) is 0 Å². The van der Waals surface area contributed by atoms with E-state index >= 15 is 0 Å². The van der Waals surface area contributed by atoms with Crippen molar-refractivity contribution in [1.29, 1.82) is 0 Å². The van der Waals surface area contributed by atoms with Crippen LogP contribution in [0.25, 0.3) is 0 Å². The molecular weight excluding hydrogens is 310 g/mol. The molecule has 25 heavy (non-hydrogen) atoms. The van der Waals surface area contributed by atoms with Crippen molar-refractivity contribution >= 4 is 5.97 Å². The Kier molecular flexibility index (Phi) is 7.75. The lowest BCUT2D eigenvalue weighted by molar-refractivity contribution is -0.142. The lowest BCUT2D eigenvalue weighted by Gasteiger charge is -2.16. The molecule has 0 saturated heterocycles. The van der Waals surface area contributed by atoms with Gasteiger partial charge in [-0.25, -0.2) is 0 Å². The van der Waals surface area contributed by atoms with Crippen LogP contribution in [0.15, 0.2) is 60.7 Å². The first-order chi connectivity index (χ1) is 12.3. The monoisotopic (exact) mass is 335 g/mol. The third kappa shape index (κ3) is 5.77. The standard InChI is InChI=1S/C22H25NO2/c1-3-23(4-2)17-11-12-18-25-22(24)21(19-13-7-5-8-14-19)20-15-9-6-10-16-20/h5-10,13-16,21H,3-4,17-18H2,1-2H3. The highest BCUT2D eigenvalue weighted by atomic mass is 16.5. The minimum absolute atomic E-state index is 0.121. The Labute approximate surface area is 150 Å². The summed E-state index contributed by atoms with van der Waals surface area (Å²) < 4.78 is 5.43. The second kappa shape index (κ2) is 10.3. The number of hydrogen-bond donors (Lipinski definition) is 0. The summed E-state index contributed by atoms with van der Waals surface area (Å²) in [4.78, 5) is 14.9. The quantitative estimate of drug-likeness (QED) is 0.571. The molecule has 0 radical (unpaired) electrons. The first-order valence-electron chi connectivity index (χ1n) is 8.70. The summed E-state index contributed by atoms with van der Waals surface area (Å²) in [6.45, 7) is 6.97. The van der Waals surface area contributed by atoms with E-state index in [4.69, 9.17) is 4.74 Å². The van der Waals surface area contributed by atoms with Gasteiger partial charge in [0.05, 0.1) is 6.54 Å².